The standard InChI is InChI=1S/C22H15N5O5/c28-21-16-8-4-5-9-17(16)26(15-6-2-1-3-7-15)22(24-21)25-23-12-14-10-19-20(32-13-31-19)11-18(14)27(29)30/h1-12H,13H2,(H,24,25,28)/b23-12-. The lowest BCUT2D eigenvalue weighted by atomic mass is 10.1. The Hall–Kier alpha value is -4.73. The van der Waals surface area contributed by atoms with Gasteiger partial charge in [-0.15, -0.1) is 0 Å². The SMILES string of the molecule is O=c1nc(N/N=C\c2cc3c(cc2[N+](=O)[O-])OCO3)n(-c2ccccc2)c2ccccc12. The Labute approximate surface area is 180 Å². The molecular weight excluding hydrogens is 414 g/mol. The molecule has 1 aliphatic rings. The van der Waals surface area contributed by atoms with Crippen molar-refractivity contribution in [3.63, 3.8) is 0 Å². The Balaban J connectivity index is 1.58. The van der Waals surface area contributed by atoms with Crippen LogP contribution in [0.4, 0.5) is 11.6 Å². The number of nitro groups is 1. The lowest BCUT2D eigenvalue weighted by molar-refractivity contribution is -0.385. The molecule has 5 rings (SSSR count). The van der Waals surface area contributed by atoms with Crippen molar-refractivity contribution in [3.8, 4) is 17.2 Å². The maximum Gasteiger partial charge on any atom is 0.282 e. The highest BCUT2D eigenvalue weighted by molar-refractivity contribution is 5.87. The normalized spacial score (nSPS) is 12.4. The Kier molecular flexibility index (Phi) is 4.71. The van der Waals surface area contributed by atoms with Crippen LogP contribution in [0.5, 0.6) is 11.5 Å². The fraction of sp³-hybridized carbons (Fsp3) is 0.0455. The second kappa shape index (κ2) is 7.84. The summed E-state index contributed by atoms with van der Waals surface area (Å²) in [6.45, 7) is -0.00427. The average molecular weight is 429 g/mol. The van der Waals surface area contributed by atoms with Gasteiger partial charge in [0.25, 0.3) is 11.2 Å². The third-order valence-electron chi connectivity index (χ3n) is 4.90. The number of hydrogen-bond donors (Lipinski definition) is 1. The molecule has 4 aromatic rings. The van der Waals surface area contributed by atoms with Gasteiger partial charge < -0.3 is 9.47 Å². The molecule has 158 valence electrons. The van der Waals surface area contributed by atoms with Crippen molar-refractivity contribution in [3.05, 3.63) is 92.8 Å². The number of ether oxygens (including phenoxy) is 2. The van der Waals surface area contributed by atoms with Gasteiger partial charge in [0.2, 0.25) is 12.7 Å². The van der Waals surface area contributed by atoms with Crippen molar-refractivity contribution in [2.75, 3.05) is 12.2 Å². The van der Waals surface area contributed by atoms with Crippen molar-refractivity contribution in [1.29, 1.82) is 0 Å². The average Bonchev–Trinajstić information content (AvgIpc) is 3.27. The smallest absolute Gasteiger partial charge is 0.282 e. The van der Waals surface area contributed by atoms with Crippen LogP contribution in [0, 0.1) is 10.1 Å². The first kappa shape index (κ1) is 19.2. The first-order valence-electron chi connectivity index (χ1n) is 9.56. The van der Waals surface area contributed by atoms with E-state index in [0.717, 1.165) is 5.69 Å². The molecule has 0 atom stereocenters. The number of rotatable bonds is 5. The van der Waals surface area contributed by atoms with Gasteiger partial charge in [0.05, 0.1) is 33.7 Å². The van der Waals surface area contributed by atoms with Crippen LogP contribution >= 0.6 is 0 Å². The number of nitrogens with zero attached hydrogens (tertiary/aromatic N) is 4. The minimum atomic E-state index is -0.530. The van der Waals surface area contributed by atoms with Gasteiger partial charge in [-0.2, -0.15) is 10.1 Å². The van der Waals surface area contributed by atoms with Gasteiger partial charge in [-0.25, -0.2) is 5.43 Å². The largest absolute Gasteiger partial charge is 0.454 e. The molecule has 0 unspecified atom stereocenters. The third kappa shape index (κ3) is 3.39. The molecule has 0 aliphatic carbocycles. The molecule has 1 aromatic heterocycles. The van der Waals surface area contributed by atoms with Crippen molar-refractivity contribution >= 4 is 28.8 Å². The minimum absolute atomic E-state index is 0.00427. The van der Waals surface area contributed by atoms with Gasteiger partial charge in [0, 0.05) is 5.69 Å². The summed E-state index contributed by atoms with van der Waals surface area (Å²) < 4.78 is 12.2. The van der Waals surface area contributed by atoms with E-state index in [1.54, 1.807) is 16.7 Å². The van der Waals surface area contributed by atoms with Crippen molar-refractivity contribution in [2.24, 2.45) is 5.10 Å². The number of aromatic nitrogens is 2. The number of hydrogen-bond acceptors (Lipinski definition) is 8. The highest BCUT2D eigenvalue weighted by Crippen LogP contribution is 2.37. The minimum Gasteiger partial charge on any atom is -0.454 e. The van der Waals surface area contributed by atoms with Crippen LogP contribution in [0.15, 0.2) is 76.6 Å². The second-order valence-corrected chi connectivity index (χ2v) is 6.82. The number of nitrogens with one attached hydrogen (secondary N) is 1. The fourth-order valence-corrected chi connectivity index (χ4v) is 3.45. The molecule has 0 saturated carbocycles. The first-order valence-corrected chi connectivity index (χ1v) is 9.56. The number of hydrazone groups is 1. The zero-order valence-corrected chi connectivity index (χ0v) is 16.5. The Bertz CT molecular complexity index is 1430. The lowest BCUT2D eigenvalue weighted by Crippen LogP contribution is -2.17. The predicted molar refractivity (Wildman–Crippen MR) is 118 cm³/mol. The quantitative estimate of drug-likeness (QED) is 0.293. The van der Waals surface area contributed by atoms with Crippen LogP contribution in [0.1, 0.15) is 5.56 Å². The van der Waals surface area contributed by atoms with E-state index < -0.39 is 10.5 Å². The molecule has 0 fully saturated rings. The van der Waals surface area contributed by atoms with Crippen LogP contribution in [0.25, 0.3) is 16.6 Å². The Morgan fingerprint density at radius 1 is 1.06 bits per heavy atom. The van der Waals surface area contributed by atoms with E-state index >= 15 is 0 Å². The summed E-state index contributed by atoms with van der Waals surface area (Å²) in [7, 11) is 0. The Morgan fingerprint density at radius 2 is 1.78 bits per heavy atom. The Morgan fingerprint density at radius 3 is 2.56 bits per heavy atom. The summed E-state index contributed by atoms with van der Waals surface area (Å²) in [5.41, 5.74) is 3.77. The van der Waals surface area contributed by atoms with Gasteiger partial charge in [-0.3, -0.25) is 19.5 Å². The topological polar surface area (TPSA) is 121 Å². The van der Waals surface area contributed by atoms with E-state index in [9.17, 15) is 14.9 Å². The van der Waals surface area contributed by atoms with Crippen LogP contribution in [0.2, 0.25) is 0 Å². The number of nitro benzene ring substituents is 1. The summed E-state index contributed by atoms with van der Waals surface area (Å²) >= 11 is 0. The molecular formula is C22H15N5O5. The van der Waals surface area contributed by atoms with Crippen LogP contribution in [-0.2, 0) is 0 Å². The van der Waals surface area contributed by atoms with Crippen molar-refractivity contribution in [2.45, 2.75) is 0 Å². The fourth-order valence-electron chi connectivity index (χ4n) is 3.45. The van der Waals surface area contributed by atoms with E-state index in [2.05, 4.69) is 15.5 Å². The predicted octanol–water partition coefficient (Wildman–Crippen LogP) is 3.47. The molecule has 2 heterocycles. The van der Waals surface area contributed by atoms with Crippen molar-refractivity contribution in [1.82, 2.24) is 9.55 Å². The number of para-hydroxylation sites is 2. The van der Waals surface area contributed by atoms with E-state index in [1.807, 2.05) is 42.5 Å². The highest BCUT2D eigenvalue weighted by atomic mass is 16.7. The highest BCUT2D eigenvalue weighted by Gasteiger charge is 2.22. The zero-order valence-electron chi connectivity index (χ0n) is 16.5. The first-order chi connectivity index (χ1) is 15.6. The van der Waals surface area contributed by atoms with Crippen LogP contribution in [-0.4, -0.2) is 27.5 Å². The molecule has 32 heavy (non-hydrogen) atoms. The molecule has 0 spiro atoms. The third-order valence-corrected chi connectivity index (χ3v) is 4.90. The molecule has 3 aromatic carbocycles. The molecule has 1 aliphatic heterocycles. The van der Waals surface area contributed by atoms with Gasteiger partial charge in [-0.05, 0) is 30.3 Å². The van der Waals surface area contributed by atoms with Crippen LogP contribution < -0.4 is 20.5 Å². The molecule has 0 bridgehead atoms. The molecule has 0 radical (unpaired) electrons. The lowest BCUT2D eigenvalue weighted by Gasteiger charge is -2.15. The van der Waals surface area contributed by atoms with E-state index in [-0.39, 0.29) is 24.0 Å². The van der Waals surface area contributed by atoms with Gasteiger partial charge in [0.15, 0.2) is 11.5 Å². The van der Waals surface area contributed by atoms with E-state index in [4.69, 9.17) is 9.47 Å². The summed E-state index contributed by atoms with van der Waals surface area (Å²) in [5.74, 6) is 0.859. The van der Waals surface area contributed by atoms with E-state index in [0.29, 0.717) is 22.4 Å². The summed E-state index contributed by atoms with van der Waals surface area (Å²) in [5, 5.41) is 16.0. The molecule has 10 heteroatoms. The zero-order chi connectivity index (χ0) is 22.1. The maximum atomic E-state index is 12.6. The number of benzene rings is 3. The summed E-state index contributed by atoms with van der Waals surface area (Å²) in [4.78, 5) is 27.6. The monoisotopic (exact) mass is 429 g/mol. The van der Waals surface area contributed by atoms with Gasteiger partial charge >= 0.3 is 0 Å². The van der Waals surface area contributed by atoms with Crippen molar-refractivity contribution < 1.29 is 14.4 Å². The summed E-state index contributed by atoms with van der Waals surface area (Å²) in [6.07, 6.45) is 1.27. The second-order valence-electron chi connectivity index (χ2n) is 6.82. The molecule has 1 N–H and O–H groups in total. The molecule has 10 nitrogen and oxygen atoms in total. The van der Waals surface area contributed by atoms with Gasteiger partial charge in [0.1, 0.15) is 0 Å². The number of anilines is 1. The number of fused-ring (bicyclic) bond motifs is 2. The van der Waals surface area contributed by atoms with E-state index in [1.165, 1.54) is 18.3 Å². The molecule has 0 amide bonds. The van der Waals surface area contributed by atoms with Crippen LogP contribution in [0.3, 0.4) is 0 Å². The molecule has 0 saturated heterocycles. The maximum absolute atomic E-state index is 12.6. The summed E-state index contributed by atoms with van der Waals surface area (Å²) in [6, 6.07) is 19.2. The van der Waals surface area contributed by atoms with Gasteiger partial charge in [-0.1, -0.05) is 30.3 Å².